The van der Waals surface area contributed by atoms with E-state index in [0.717, 1.165) is 19.5 Å². The lowest BCUT2D eigenvalue weighted by Crippen LogP contribution is -2.06. The van der Waals surface area contributed by atoms with Crippen molar-refractivity contribution in [3.05, 3.63) is 0 Å². The second-order valence-corrected chi connectivity index (χ2v) is 2.85. The van der Waals surface area contributed by atoms with Gasteiger partial charge in [-0.3, -0.25) is 0 Å². The number of rotatable bonds is 0. The van der Waals surface area contributed by atoms with Gasteiger partial charge in [-0.2, -0.15) is 0 Å². The van der Waals surface area contributed by atoms with Crippen molar-refractivity contribution < 1.29 is 0 Å². The molecule has 0 radical (unpaired) electrons. The lowest BCUT2D eigenvalue weighted by atomic mass is 10.4. The van der Waals surface area contributed by atoms with Crippen LogP contribution in [0.5, 0.6) is 0 Å². The van der Waals surface area contributed by atoms with Gasteiger partial charge in [-0.25, -0.2) is 4.42 Å². The average molecular weight is 140 g/mol. The third-order valence-corrected chi connectivity index (χ3v) is 1.74. The normalized spacial score (nSPS) is 34.3. The van der Waals surface area contributed by atoms with Crippen molar-refractivity contribution in [3.8, 4) is 0 Å². The Balaban J connectivity index is 2.26. The van der Waals surface area contributed by atoms with Crippen molar-refractivity contribution in [2.24, 2.45) is 0 Å². The van der Waals surface area contributed by atoms with E-state index in [2.05, 4.69) is 0 Å². The summed E-state index contributed by atoms with van der Waals surface area (Å²) in [6.45, 7) is 1.78. The summed E-state index contributed by atoms with van der Waals surface area (Å²) in [4.78, 5) is 0. The molecular weight excluding hydrogens is 133 g/mol. The Labute approximate surface area is 53.3 Å². The highest BCUT2D eigenvalue weighted by atomic mass is 35.5. The van der Waals surface area contributed by atoms with Gasteiger partial charge in [0.05, 0.1) is 0 Å². The molecule has 1 nitrogen and oxygen atoms in total. The van der Waals surface area contributed by atoms with E-state index < -0.39 is 0 Å². The smallest absolute Gasteiger partial charge is 0.0489 e. The molecule has 0 aromatic heterocycles. The standard InChI is InChI=1S/C4H7Cl2N/c5-4-1-2-7(6)3-4/h4H,1-3H2. The summed E-state index contributed by atoms with van der Waals surface area (Å²) >= 11 is 11.2. The van der Waals surface area contributed by atoms with E-state index in [1.54, 1.807) is 4.42 Å². The maximum absolute atomic E-state index is 5.68. The van der Waals surface area contributed by atoms with Gasteiger partial charge >= 0.3 is 0 Å². The molecule has 0 amide bonds. The molecule has 1 unspecified atom stereocenters. The maximum Gasteiger partial charge on any atom is 0.0489 e. The van der Waals surface area contributed by atoms with Crippen LogP contribution in [-0.2, 0) is 0 Å². The third-order valence-electron chi connectivity index (χ3n) is 1.08. The molecule has 0 saturated carbocycles. The molecule has 3 heteroatoms. The molecule has 0 aromatic rings. The topological polar surface area (TPSA) is 3.24 Å². The second-order valence-electron chi connectivity index (χ2n) is 1.75. The van der Waals surface area contributed by atoms with E-state index in [1.807, 2.05) is 0 Å². The van der Waals surface area contributed by atoms with Gasteiger partial charge in [0, 0.05) is 18.5 Å². The Bertz CT molecular complexity index is 58.7. The Morgan fingerprint density at radius 2 is 2.29 bits per heavy atom. The van der Waals surface area contributed by atoms with Crippen LogP contribution in [0.4, 0.5) is 0 Å². The molecule has 7 heavy (non-hydrogen) atoms. The largest absolute Gasteiger partial charge is 0.219 e. The van der Waals surface area contributed by atoms with E-state index in [1.165, 1.54) is 0 Å². The van der Waals surface area contributed by atoms with Crippen LogP contribution in [0, 0.1) is 0 Å². The first-order chi connectivity index (χ1) is 3.29. The summed E-state index contributed by atoms with van der Waals surface area (Å²) in [6.07, 6.45) is 1.03. The van der Waals surface area contributed by atoms with E-state index >= 15 is 0 Å². The Hall–Kier alpha value is 0.540. The average Bonchev–Trinajstić information content (AvgIpc) is 1.87. The number of nitrogens with zero attached hydrogens (tertiary/aromatic N) is 1. The number of alkyl halides is 1. The zero-order chi connectivity index (χ0) is 5.28. The summed E-state index contributed by atoms with van der Waals surface area (Å²) in [7, 11) is 0. The molecule has 1 saturated heterocycles. The summed E-state index contributed by atoms with van der Waals surface area (Å²) in [5.41, 5.74) is 0. The van der Waals surface area contributed by atoms with Crippen LogP contribution in [0.3, 0.4) is 0 Å². The van der Waals surface area contributed by atoms with Crippen LogP contribution >= 0.6 is 23.4 Å². The summed E-state index contributed by atoms with van der Waals surface area (Å²) in [6, 6.07) is 0. The third kappa shape index (κ3) is 1.48. The molecule has 0 N–H and O–H groups in total. The van der Waals surface area contributed by atoms with Crippen molar-refractivity contribution in [1.29, 1.82) is 0 Å². The van der Waals surface area contributed by atoms with Gasteiger partial charge in [0.15, 0.2) is 0 Å². The van der Waals surface area contributed by atoms with E-state index in [9.17, 15) is 0 Å². The molecule has 1 atom stereocenters. The molecule has 42 valence electrons. The SMILES string of the molecule is ClC1CCN(Cl)C1. The molecule has 0 spiro atoms. The first-order valence-corrected chi connectivity index (χ1v) is 3.11. The van der Waals surface area contributed by atoms with Crippen molar-refractivity contribution in [1.82, 2.24) is 4.42 Å². The zero-order valence-electron chi connectivity index (χ0n) is 3.90. The van der Waals surface area contributed by atoms with Crippen LogP contribution in [-0.4, -0.2) is 22.9 Å². The van der Waals surface area contributed by atoms with Crippen molar-refractivity contribution >= 4 is 23.4 Å². The predicted molar refractivity (Wildman–Crippen MR) is 31.7 cm³/mol. The predicted octanol–water partition coefficient (Wildman–Crippen LogP) is 1.45. The van der Waals surface area contributed by atoms with Gasteiger partial charge in [-0.15, -0.1) is 11.6 Å². The minimum atomic E-state index is 0.289. The Morgan fingerprint density at radius 3 is 2.43 bits per heavy atom. The lowest BCUT2D eigenvalue weighted by molar-refractivity contribution is 0.568. The van der Waals surface area contributed by atoms with Crippen LogP contribution < -0.4 is 0 Å². The first-order valence-electron chi connectivity index (χ1n) is 2.34. The van der Waals surface area contributed by atoms with Crippen LogP contribution in [0.1, 0.15) is 6.42 Å². The summed E-state index contributed by atoms with van der Waals surface area (Å²) < 4.78 is 1.72. The monoisotopic (exact) mass is 139 g/mol. The van der Waals surface area contributed by atoms with Crippen molar-refractivity contribution in [3.63, 3.8) is 0 Å². The minimum Gasteiger partial charge on any atom is -0.219 e. The highest BCUT2D eigenvalue weighted by Crippen LogP contribution is 2.15. The number of hydrogen-bond acceptors (Lipinski definition) is 1. The molecule has 0 aliphatic carbocycles. The van der Waals surface area contributed by atoms with Gasteiger partial charge in [0.2, 0.25) is 0 Å². The molecule has 0 aromatic carbocycles. The fraction of sp³-hybridized carbons (Fsp3) is 1.00. The highest BCUT2D eigenvalue weighted by Gasteiger charge is 2.17. The molecular formula is C4H7Cl2N. The van der Waals surface area contributed by atoms with Gasteiger partial charge in [-0.05, 0) is 18.2 Å². The minimum absolute atomic E-state index is 0.289. The molecule has 0 bridgehead atoms. The zero-order valence-corrected chi connectivity index (χ0v) is 5.41. The lowest BCUT2D eigenvalue weighted by Gasteiger charge is -1.98. The van der Waals surface area contributed by atoms with E-state index in [4.69, 9.17) is 23.4 Å². The van der Waals surface area contributed by atoms with E-state index in [0.29, 0.717) is 0 Å². The Morgan fingerprint density at radius 1 is 1.57 bits per heavy atom. The molecule has 1 heterocycles. The summed E-state index contributed by atoms with van der Waals surface area (Å²) in [5.74, 6) is 0. The fourth-order valence-corrected chi connectivity index (χ4v) is 1.28. The molecule has 1 fully saturated rings. The second kappa shape index (κ2) is 2.21. The van der Waals surface area contributed by atoms with Crippen molar-refractivity contribution in [2.75, 3.05) is 13.1 Å². The molecule has 1 aliphatic rings. The van der Waals surface area contributed by atoms with Gasteiger partial charge in [-0.1, -0.05) is 0 Å². The number of hydrogen-bond donors (Lipinski definition) is 0. The first kappa shape index (κ1) is 5.67. The summed E-state index contributed by atoms with van der Waals surface area (Å²) in [5, 5.41) is 0.289. The Kier molecular flexibility index (Phi) is 1.79. The van der Waals surface area contributed by atoms with Gasteiger partial charge < -0.3 is 0 Å². The van der Waals surface area contributed by atoms with Gasteiger partial charge in [0.1, 0.15) is 0 Å². The van der Waals surface area contributed by atoms with Crippen LogP contribution in [0.2, 0.25) is 0 Å². The van der Waals surface area contributed by atoms with Crippen molar-refractivity contribution in [2.45, 2.75) is 11.8 Å². The van der Waals surface area contributed by atoms with Crippen LogP contribution in [0.25, 0.3) is 0 Å². The fourth-order valence-electron chi connectivity index (χ4n) is 0.678. The number of halogens is 2. The quantitative estimate of drug-likeness (QED) is 0.363. The van der Waals surface area contributed by atoms with Crippen LogP contribution in [0.15, 0.2) is 0 Å². The maximum atomic E-state index is 5.68. The molecule has 1 aliphatic heterocycles. The highest BCUT2D eigenvalue weighted by molar-refractivity contribution is 6.22. The van der Waals surface area contributed by atoms with E-state index in [-0.39, 0.29) is 5.38 Å². The molecule has 1 rings (SSSR count). The van der Waals surface area contributed by atoms with Gasteiger partial charge in [0.25, 0.3) is 0 Å².